The fourth-order valence-corrected chi connectivity index (χ4v) is 4.13. The van der Waals surface area contributed by atoms with Crippen LogP contribution < -0.4 is 10.6 Å². The van der Waals surface area contributed by atoms with Crippen LogP contribution in [0.2, 0.25) is 0 Å². The topological polar surface area (TPSA) is 163 Å². The number of quaternary nitrogens is 1. The Morgan fingerprint density at radius 1 is 1.12 bits per heavy atom. The standard InChI is InChI=1S/C22H31N3O9/c26-19-4-3-18(21(29)24-19)25(31)14-15-1-2-16(13-17(15)22(25)30)23-6-8-33-10-12-34-11-9-32-7-5-20(27)28/h1,13,16,18,23H,2-12,14H2,(H,27,28)(H,24,26,29). The quantitative estimate of drug-likeness (QED) is 0.126. The largest absolute Gasteiger partial charge is 0.624 e. The number of carboxylic acids is 1. The molecule has 2 fully saturated rings. The third-order valence-corrected chi connectivity index (χ3v) is 5.88. The molecule has 1 aliphatic carbocycles. The Balaban J connectivity index is 1.32. The minimum atomic E-state index is -1.27. The van der Waals surface area contributed by atoms with E-state index in [9.17, 15) is 24.4 Å². The van der Waals surface area contributed by atoms with Crippen molar-refractivity contribution in [2.45, 2.75) is 37.8 Å². The molecule has 2 saturated heterocycles. The van der Waals surface area contributed by atoms with Crippen LogP contribution in [-0.2, 0) is 33.4 Å². The van der Waals surface area contributed by atoms with E-state index in [-0.39, 0.29) is 38.5 Å². The van der Waals surface area contributed by atoms with E-state index in [0.29, 0.717) is 57.1 Å². The summed E-state index contributed by atoms with van der Waals surface area (Å²) in [6, 6.07) is -1.23. The number of piperidine rings is 1. The first-order chi connectivity index (χ1) is 16.3. The number of hydroxylamine groups is 3. The summed E-state index contributed by atoms with van der Waals surface area (Å²) in [6.07, 6.45) is 4.32. The molecule has 3 rings (SSSR count). The van der Waals surface area contributed by atoms with Gasteiger partial charge in [0.2, 0.25) is 5.91 Å². The predicted octanol–water partition coefficient (Wildman–Crippen LogP) is -0.614. The number of carbonyl (C=O) groups is 4. The van der Waals surface area contributed by atoms with Gasteiger partial charge in [-0.05, 0) is 12.5 Å². The summed E-state index contributed by atoms with van der Waals surface area (Å²) in [7, 11) is 0. The Hall–Kier alpha value is -2.48. The van der Waals surface area contributed by atoms with Gasteiger partial charge in [0.1, 0.15) is 6.54 Å². The van der Waals surface area contributed by atoms with E-state index in [2.05, 4.69) is 10.6 Å². The van der Waals surface area contributed by atoms with Gasteiger partial charge in [-0.25, -0.2) is 4.79 Å². The van der Waals surface area contributed by atoms with E-state index < -0.39 is 34.4 Å². The van der Waals surface area contributed by atoms with Crippen LogP contribution in [0, 0.1) is 5.21 Å². The number of likely N-dealkylation sites (tertiary alicyclic amines) is 1. The minimum Gasteiger partial charge on any atom is -0.624 e. The molecule has 0 aromatic carbocycles. The molecule has 34 heavy (non-hydrogen) atoms. The van der Waals surface area contributed by atoms with Crippen molar-refractivity contribution < 1.29 is 43.1 Å². The van der Waals surface area contributed by atoms with Crippen LogP contribution in [0.5, 0.6) is 0 Å². The van der Waals surface area contributed by atoms with Crippen LogP contribution in [0.25, 0.3) is 0 Å². The van der Waals surface area contributed by atoms with Crippen molar-refractivity contribution in [1.82, 2.24) is 10.6 Å². The minimum absolute atomic E-state index is 0.0320. The Labute approximate surface area is 197 Å². The highest BCUT2D eigenvalue weighted by Gasteiger charge is 2.51. The van der Waals surface area contributed by atoms with Gasteiger partial charge in [-0.1, -0.05) is 6.08 Å². The monoisotopic (exact) mass is 481 g/mol. The van der Waals surface area contributed by atoms with E-state index in [4.69, 9.17) is 19.3 Å². The maximum atomic E-state index is 13.3. The van der Waals surface area contributed by atoms with Gasteiger partial charge in [-0.3, -0.25) is 24.3 Å². The van der Waals surface area contributed by atoms with Crippen LogP contribution in [0.1, 0.15) is 25.7 Å². The number of rotatable bonds is 14. The van der Waals surface area contributed by atoms with Crippen LogP contribution in [-0.4, -0.2) is 98.3 Å². The maximum Gasteiger partial charge on any atom is 0.346 e. The molecule has 3 atom stereocenters. The summed E-state index contributed by atoms with van der Waals surface area (Å²) < 4.78 is 14.7. The zero-order valence-corrected chi connectivity index (χ0v) is 19.0. The van der Waals surface area contributed by atoms with Gasteiger partial charge in [-0.15, -0.1) is 0 Å². The summed E-state index contributed by atoms with van der Waals surface area (Å²) >= 11 is 0. The molecule has 0 aromatic heterocycles. The van der Waals surface area contributed by atoms with Gasteiger partial charge < -0.3 is 29.8 Å². The SMILES string of the molecule is O=C(O)CCOCCOCCOCCNC1C=C2C(=O)[N+]([O-])(C3CCC(=O)NC3=O)CC2=CC1. The highest BCUT2D eigenvalue weighted by molar-refractivity contribution is 6.03. The number of ether oxygens (including phenoxy) is 3. The first-order valence-corrected chi connectivity index (χ1v) is 11.4. The highest BCUT2D eigenvalue weighted by Crippen LogP contribution is 2.37. The molecule has 188 valence electrons. The fraction of sp³-hybridized carbons (Fsp3) is 0.636. The number of nitrogens with one attached hydrogen (secondary N) is 2. The van der Waals surface area contributed by atoms with Crippen molar-refractivity contribution in [3.63, 3.8) is 0 Å². The van der Waals surface area contributed by atoms with Gasteiger partial charge in [0.05, 0.1) is 51.6 Å². The maximum absolute atomic E-state index is 13.3. The number of amides is 3. The first kappa shape index (κ1) is 26.1. The zero-order valence-electron chi connectivity index (χ0n) is 19.0. The third-order valence-electron chi connectivity index (χ3n) is 5.88. The van der Waals surface area contributed by atoms with E-state index in [1.807, 2.05) is 6.08 Å². The first-order valence-electron chi connectivity index (χ1n) is 11.4. The summed E-state index contributed by atoms with van der Waals surface area (Å²) in [6.45, 7) is 2.51. The molecule has 12 heteroatoms. The molecule has 0 bridgehead atoms. The Kier molecular flexibility index (Phi) is 9.45. The molecular formula is C22H31N3O9. The zero-order chi connectivity index (χ0) is 24.6. The van der Waals surface area contributed by atoms with Crippen molar-refractivity contribution >= 4 is 23.7 Å². The van der Waals surface area contributed by atoms with E-state index >= 15 is 0 Å². The summed E-state index contributed by atoms with van der Waals surface area (Å²) in [5.74, 6) is -2.63. The Bertz CT molecular complexity index is 857. The van der Waals surface area contributed by atoms with Crippen LogP contribution in [0.15, 0.2) is 23.3 Å². The average Bonchev–Trinajstić information content (AvgIpc) is 3.04. The van der Waals surface area contributed by atoms with Crippen molar-refractivity contribution in [3.05, 3.63) is 28.5 Å². The summed E-state index contributed by atoms with van der Waals surface area (Å²) in [5, 5.41) is 27.2. The van der Waals surface area contributed by atoms with Gasteiger partial charge in [0.25, 0.3) is 5.91 Å². The number of nitrogens with zero attached hydrogens (tertiary/aromatic N) is 1. The predicted molar refractivity (Wildman–Crippen MR) is 117 cm³/mol. The van der Waals surface area contributed by atoms with Crippen LogP contribution in [0.3, 0.4) is 0 Å². The average molecular weight is 482 g/mol. The van der Waals surface area contributed by atoms with Gasteiger partial charge in [0, 0.05) is 31.0 Å². The van der Waals surface area contributed by atoms with Crippen LogP contribution in [0.4, 0.5) is 0 Å². The molecule has 2 heterocycles. The molecule has 3 N–H and O–H groups in total. The Morgan fingerprint density at radius 3 is 2.47 bits per heavy atom. The molecular weight excluding hydrogens is 450 g/mol. The highest BCUT2D eigenvalue weighted by atomic mass is 16.6. The third kappa shape index (κ3) is 6.78. The molecule has 0 saturated carbocycles. The number of carbonyl (C=O) groups excluding carboxylic acids is 3. The molecule has 3 aliphatic rings. The Morgan fingerprint density at radius 2 is 1.79 bits per heavy atom. The van der Waals surface area contributed by atoms with Crippen molar-refractivity contribution in [2.24, 2.45) is 0 Å². The number of aliphatic carboxylic acids is 1. The molecule has 3 unspecified atom stereocenters. The van der Waals surface area contributed by atoms with Crippen LogP contribution >= 0.6 is 0 Å². The van der Waals surface area contributed by atoms with Gasteiger partial charge in [0.15, 0.2) is 6.04 Å². The van der Waals surface area contributed by atoms with Gasteiger partial charge >= 0.3 is 11.9 Å². The molecule has 0 radical (unpaired) electrons. The van der Waals surface area contributed by atoms with E-state index in [1.165, 1.54) is 0 Å². The molecule has 0 aromatic rings. The lowest BCUT2D eigenvalue weighted by molar-refractivity contribution is -0.809. The molecule has 2 aliphatic heterocycles. The number of hydrogen-bond acceptors (Lipinski definition) is 9. The second-order valence-electron chi connectivity index (χ2n) is 8.31. The number of imide groups is 1. The normalized spacial score (nSPS) is 26.7. The second kappa shape index (κ2) is 12.3. The van der Waals surface area contributed by atoms with Crippen molar-refractivity contribution in [2.75, 3.05) is 52.7 Å². The lowest BCUT2D eigenvalue weighted by atomic mass is 9.97. The van der Waals surface area contributed by atoms with E-state index in [1.54, 1.807) is 6.08 Å². The number of fused-ring (bicyclic) bond motifs is 1. The van der Waals surface area contributed by atoms with E-state index in [0.717, 1.165) is 0 Å². The van der Waals surface area contributed by atoms with Crippen molar-refractivity contribution in [1.29, 1.82) is 0 Å². The molecule has 3 amide bonds. The molecule has 0 spiro atoms. The number of carboxylic acid groups (broad SMARTS) is 1. The lowest BCUT2D eigenvalue weighted by Crippen LogP contribution is -2.61. The summed E-state index contributed by atoms with van der Waals surface area (Å²) in [5.41, 5.74) is 1.01. The lowest BCUT2D eigenvalue weighted by Gasteiger charge is -2.42. The number of hydrogen-bond donors (Lipinski definition) is 3. The fourth-order valence-electron chi connectivity index (χ4n) is 4.13. The second-order valence-corrected chi connectivity index (χ2v) is 8.31. The van der Waals surface area contributed by atoms with Crippen molar-refractivity contribution in [3.8, 4) is 0 Å². The summed E-state index contributed by atoms with van der Waals surface area (Å²) in [4.78, 5) is 46.8. The van der Waals surface area contributed by atoms with Gasteiger partial charge in [-0.2, -0.15) is 0 Å². The smallest absolute Gasteiger partial charge is 0.346 e. The molecule has 12 nitrogen and oxygen atoms in total.